The van der Waals surface area contributed by atoms with Gasteiger partial charge >= 0.3 is 0 Å². The lowest BCUT2D eigenvalue weighted by Gasteiger charge is -2.15. The highest BCUT2D eigenvalue weighted by Crippen LogP contribution is 2.19. The molecule has 8 heteroatoms. The van der Waals surface area contributed by atoms with E-state index in [1.165, 1.54) is 36.0 Å². The summed E-state index contributed by atoms with van der Waals surface area (Å²) in [7, 11) is 3.97. The van der Waals surface area contributed by atoms with Crippen molar-refractivity contribution in [3.63, 3.8) is 0 Å². The molecule has 0 aliphatic heterocycles. The van der Waals surface area contributed by atoms with Crippen molar-refractivity contribution in [2.75, 3.05) is 31.7 Å². The molecule has 1 heterocycles. The van der Waals surface area contributed by atoms with E-state index in [-0.39, 0.29) is 23.0 Å². The summed E-state index contributed by atoms with van der Waals surface area (Å²) in [6, 6.07) is 12.8. The van der Waals surface area contributed by atoms with Crippen molar-refractivity contribution in [1.82, 2.24) is 14.5 Å². The maximum Gasteiger partial charge on any atom is 0.262 e. The maximum atomic E-state index is 13.0. The topological polar surface area (TPSA) is 67.2 Å². The zero-order valence-corrected chi connectivity index (χ0v) is 17.2. The van der Waals surface area contributed by atoms with Gasteiger partial charge in [-0.3, -0.25) is 14.2 Å². The van der Waals surface area contributed by atoms with Crippen molar-refractivity contribution in [3.8, 4) is 0 Å². The Balaban J connectivity index is 1.78. The number of nitrogens with one attached hydrogen (secondary N) is 1. The normalized spacial score (nSPS) is 11.2. The molecule has 0 unspecified atom stereocenters. The predicted octanol–water partition coefficient (Wildman–Crippen LogP) is 3.22. The Hall–Kier alpha value is -2.71. The molecule has 0 spiro atoms. The molecule has 0 fully saturated rings. The molecular formula is C21H23FN4O2S. The summed E-state index contributed by atoms with van der Waals surface area (Å²) in [5.41, 5.74) is 1.03. The van der Waals surface area contributed by atoms with E-state index in [1.807, 2.05) is 26.2 Å². The Morgan fingerprint density at radius 3 is 2.62 bits per heavy atom. The first-order valence-corrected chi connectivity index (χ1v) is 10.2. The van der Waals surface area contributed by atoms with Gasteiger partial charge in [0, 0.05) is 12.2 Å². The van der Waals surface area contributed by atoms with Crippen molar-refractivity contribution in [2.24, 2.45) is 0 Å². The number of anilines is 1. The number of rotatable bonds is 8. The summed E-state index contributed by atoms with van der Waals surface area (Å²) in [4.78, 5) is 31.9. The highest BCUT2D eigenvalue weighted by atomic mass is 32.2. The number of thioether (sulfide) groups is 1. The van der Waals surface area contributed by atoms with Gasteiger partial charge in [0.15, 0.2) is 5.16 Å². The molecule has 29 heavy (non-hydrogen) atoms. The molecule has 0 radical (unpaired) electrons. The van der Waals surface area contributed by atoms with Gasteiger partial charge in [-0.2, -0.15) is 0 Å². The highest BCUT2D eigenvalue weighted by Gasteiger charge is 2.13. The number of benzene rings is 2. The van der Waals surface area contributed by atoms with Crippen LogP contribution < -0.4 is 10.9 Å². The number of para-hydroxylation sites is 1. The van der Waals surface area contributed by atoms with E-state index in [1.54, 1.807) is 16.7 Å². The molecule has 2 aromatic carbocycles. The number of fused-ring (bicyclic) bond motifs is 1. The SMILES string of the molecule is CN(C)CCCn1c(SCC(=O)Nc2ccc(F)cc2)nc2ccccc2c1=O. The second-order valence-electron chi connectivity index (χ2n) is 6.87. The molecule has 152 valence electrons. The molecular weight excluding hydrogens is 391 g/mol. The van der Waals surface area contributed by atoms with Gasteiger partial charge in [-0.1, -0.05) is 23.9 Å². The number of hydrogen-bond donors (Lipinski definition) is 1. The van der Waals surface area contributed by atoms with E-state index in [4.69, 9.17) is 0 Å². The summed E-state index contributed by atoms with van der Waals surface area (Å²) in [6.07, 6.45) is 0.794. The molecule has 1 aromatic heterocycles. The van der Waals surface area contributed by atoms with Crippen molar-refractivity contribution in [3.05, 3.63) is 64.7 Å². The number of aromatic nitrogens is 2. The van der Waals surface area contributed by atoms with Gasteiger partial charge in [0.1, 0.15) is 5.82 Å². The van der Waals surface area contributed by atoms with Crippen LogP contribution in [0.25, 0.3) is 10.9 Å². The number of halogens is 1. The van der Waals surface area contributed by atoms with E-state index in [9.17, 15) is 14.0 Å². The fourth-order valence-corrected chi connectivity index (χ4v) is 3.69. The molecule has 1 N–H and O–H groups in total. The van der Waals surface area contributed by atoms with Crippen LogP contribution in [0.2, 0.25) is 0 Å². The van der Waals surface area contributed by atoms with E-state index < -0.39 is 0 Å². The van der Waals surface area contributed by atoms with Gasteiger partial charge in [0.25, 0.3) is 5.56 Å². The molecule has 1 amide bonds. The van der Waals surface area contributed by atoms with Crippen LogP contribution in [-0.2, 0) is 11.3 Å². The number of hydrogen-bond acceptors (Lipinski definition) is 5. The van der Waals surface area contributed by atoms with Crippen LogP contribution in [0.15, 0.2) is 58.5 Å². The minimum Gasteiger partial charge on any atom is -0.325 e. The fraction of sp³-hybridized carbons (Fsp3) is 0.286. The molecule has 6 nitrogen and oxygen atoms in total. The summed E-state index contributed by atoms with van der Waals surface area (Å²) in [5, 5.41) is 3.80. The lowest BCUT2D eigenvalue weighted by molar-refractivity contribution is -0.113. The van der Waals surface area contributed by atoms with Crippen LogP contribution in [0.1, 0.15) is 6.42 Å². The zero-order valence-electron chi connectivity index (χ0n) is 16.4. The molecule has 0 atom stereocenters. The number of nitrogens with zero attached hydrogens (tertiary/aromatic N) is 3. The Labute approximate surface area is 172 Å². The summed E-state index contributed by atoms with van der Waals surface area (Å²) in [6.45, 7) is 1.37. The molecule has 0 bridgehead atoms. The predicted molar refractivity (Wildman–Crippen MR) is 115 cm³/mol. The van der Waals surface area contributed by atoms with Crippen LogP contribution in [0, 0.1) is 5.82 Å². The second-order valence-corrected chi connectivity index (χ2v) is 7.81. The molecule has 0 aliphatic carbocycles. The maximum absolute atomic E-state index is 13.0. The van der Waals surface area contributed by atoms with E-state index >= 15 is 0 Å². The third-order valence-corrected chi connectivity index (χ3v) is 5.25. The average Bonchev–Trinajstić information content (AvgIpc) is 2.70. The standard InChI is InChI=1S/C21H23FN4O2S/c1-25(2)12-5-13-26-20(28)17-6-3-4-7-18(17)24-21(26)29-14-19(27)23-16-10-8-15(22)9-11-16/h3-4,6-11H,5,12-14H2,1-2H3,(H,23,27). The quantitative estimate of drug-likeness (QED) is 0.453. The largest absolute Gasteiger partial charge is 0.325 e. The van der Waals surface area contributed by atoms with Crippen molar-refractivity contribution < 1.29 is 9.18 Å². The zero-order chi connectivity index (χ0) is 20.8. The van der Waals surface area contributed by atoms with Gasteiger partial charge in [-0.25, -0.2) is 9.37 Å². The number of amides is 1. The van der Waals surface area contributed by atoms with E-state index in [2.05, 4.69) is 15.2 Å². The first-order valence-electron chi connectivity index (χ1n) is 9.26. The van der Waals surface area contributed by atoms with Gasteiger partial charge < -0.3 is 10.2 Å². The number of carbonyl (C=O) groups is 1. The highest BCUT2D eigenvalue weighted by molar-refractivity contribution is 7.99. The van der Waals surface area contributed by atoms with Crippen molar-refractivity contribution >= 4 is 34.3 Å². The smallest absolute Gasteiger partial charge is 0.262 e. The fourth-order valence-electron chi connectivity index (χ4n) is 2.86. The minimum atomic E-state index is -0.362. The van der Waals surface area contributed by atoms with Gasteiger partial charge in [0.05, 0.1) is 16.7 Å². The first-order chi connectivity index (χ1) is 13.9. The Morgan fingerprint density at radius 2 is 1.90 bits per heavy atom. The first kappa shape index (κ1) is 21.0. The Morgan fingerprint density at radius 1 is 1.17 bits per heavy atom. The molecule has 0 saturated carbocycles. The third-order valence-electron chi connectivity index (χ3n) is 4.27. The van der Waals surface area contributed by atoms with E-state index in [0.29, 0.717) is 28.3 Å². The van der Waals surface area contributed by atoms with Crippen LogP contribution in [0.5, 0.6) is 0 Å². The van der Waals surface area contributed by atoms with Crippen LogP contribution >= 0.6 is 11.8 Å². The number of carbonyl (C=O) groups excluding carboxylic acids is 1. The van der Waals surface area contributed by atoms with Crippen LogP contribution in [0.3, 0.4) is 0 Å². The monoisotopic (exact) mass is 414 g/mol. The summed E-state index contributed by atoms with van der Waals surface area (Å²) >= 11 is 1.22. The molecule has 0 saturated heterocycles. The lowest BCUT2D eigenvalue weighted by Crippen LogP contribution is -2.26. The Bertz CT molecular complexity index is 1050. The van der Waals surface area contributed by atoms with Crippen LogP contribution in [0.4, 0.5) is 10.1 Å². The average molecular weight is 415 g/mol. The summed E-state index contributed by atoms with van der Waals surface area (Å²) < 4.78 is 14.6. The second kappa shape index (κ2) is 9.67. The van der Waals surface area contributed by atoms with Gasteiger partial charge in [-0.15, -0.1) is 0 Å². The lowest BCUT2D eigenvalue weighted by atomic mass is 10.2. The van der Waals surface area contributed by atoms with Gasteiger partial charge in [-0.05, 0) is 63.5 Å². The Kier molecular flexibility index (Phi) is 7.00. The van der Waals surface area contributed by atoms with Crippen molar-refractivity contribution in [2.45, 2.75) is 18.1 Å². The molecule has 0 aliphatic rings. The third kappa shape index (κ3) is 5.65. The summed E-state index contributed by atoms with van der Waals surface area (Å²) in [5.74, 6) is -0.515. The van der Waals surface area contributed by atoms with Crippen molar-refractivity contribution in [1.29, 1.82) is 0 Å². The molecule has 3 rings (SSSR count). The van der Waals surface area contributed by atoms with Crippen LogP contribution in [-0.4, -0.2) is 46.8 Å². The minimum absolute atomic E-state index is 0.0931. The van der Waals surface area contributed by atoms with Gasteiger partial charge in [0.2, 0.25) is 5.91 Å². The molecule has 3 aromatic rings. The van der Waals surface area contributed by atoms with E-state index in [0.717, 1.165) is 13.0 Å².